The molecule has 0 amide bonds. The quantitative estimate of drug-likeness (QED) is 0.863. The molecule has 0 aliphatic carbocycles. The molecule has 0 bridgehead atoms. The topological polar surface area (TPSA) is 32.3 Å². The first kappa shape index (κ1) is 12.7. The molecule has 0 saturated carbocycles. The Morgan fingerprint density at radius 1 is 1.47 bits per heavy atom. The lowest BCUT2D eigenvalue weighted by Gasteiger charge is -2.10. The summed E-state index contributed by atoms with van der Waals surface area (Å²) in [5.74, 6) is 0. The van der Waals surface area contributed by atoms with E-state index in [-0.39, 0.29) is 6.10 Å². The summed E-state index contributed by atoms with van der Waals surface area (Å²) in [6, 6.07) is 6.29. The minimum Gasteiger partial charge on any atom is -0.392 e. The van der Waals surface area contributed by atoms with E-state index >= 15 is 0 Å². The van der Waals surface area contributed by atoms with Gasteiger partial charge in [0.15, 0.2) is 0 Å². The van der Waals surface area contributed by atoms with E-state index in [2.05, 4.69) is 46.4 Å². The first-order valence-electron chi connectivity index (χ1n) is 5.27. The van der Waals surface area contributed by atoms with Crippen molar-refractivity contribution in [2.24, 2.45) is 0 Å². The van der Waals surface area contributed by atoms with Crippen LogP contribution in [0.3, 0.4) is 0 Å². The van der Waals surface area contributed by atoms with Gasteiger partial charge in [0.25, 0.3) is 0 Å². The number of hydrogen-bond donors (Lipinski definition) is 2. The second kappa shape index (κ2) is 6.26. The van der Waals surface area contributed by atoms with Crippen LogP contribution in [0.1, 0.15) is 24.5 Å². The third-order valence-corrected chi connectivity index (χ3v) is 3.29. The van der Waals surface area contributed by atoms with E-state index in [4.69, 9.17) is 0 Å². The molecule has 0 spiro atoms. The van der Waals surface area contributed by atoms with Gasteiger partial charge in [-0.25, -0.2) is 0 Å². The molecule has 1 atom stereocenters. The lowest BCUT2D eigenvalue weighted by Crippen LogP contribution is -2.25. The summed E-state index contributed by atoms with van der Waals surface area (Å²) in [5, 5.41) is 12.6. The lowest BCUT2D eigenvalue weighted by atomic mass is 10.1. The maximum atomic E-state index is 9.36. The monoisotopic (exact) mass is 271 g/mol. The third kappa shape index (κ3) is 4.33. The van der Waals surface area contributed by atoms with E-state index in [9.17, 15) is 5.11 Å². The number of aryl methyl sites for hydroxylation is 1. The van der Waals surface area contributed by atoms with Crippen LogP contribution >= 0.6 is 15.9 Å². The fourth-order valence-electron chi connectivity index (χ4n) is 1.34. The van der Waals surface area contributed by atoms with E-state index in [0.717, 1.165) is 17.4 Å². The number of hydrogen-bond acceptors (Lipinski definition) is 2. The van der Waals surface area contributed by atoms with Crippen LogP contribution in [0.4, 0.5) is 0 Å². The molecule has 0 aromatic heterocycles. The van der Waals surface area contributed by atoms with Gasteiger partial charge >= 0.3 is 0 Å². The van der Waals surface area contributed by atoms with Gasteiger partial charge in [0.1, 0.15) is 0 Å². The SMILES string of the molecule is CCC(O)CNCc1ccc(Br)c(C)c1. The van der Waals surface area contributed by atoms with Crippen molar-refractivity contribution in [3.05, 3.63) is 33.8 Å². The average molecular weight is 272 g/mol. The highest BCUT2D eigenvalue weighted by molar-refractivity contribution is 9.10. The van der Waals surface area contributed by atoms with Gasteiger partial charge in [-0.3, -0.25) is 0 Å². The maximum absolute atomic E-state index is 9.36. The summed E-state index contributed by atoms with van der Waals surface area (Å²) >= 11 is 3.47. The van der Waals surface area contributed by atoms with E-state index in [1.165, 1.54) is 11.1 Å². The van der Waals surface area contributed by atoms with Crippen molar-refractivity contribution in [1.29, 1.82) is 0 Å². The van der Waals surface area contributed by atoms with Gasteiger partial charge in [-0.15, -0.1) is 0 Å². The predicted octanol–water partition coefficient (Wildman–Crippen LogP) is 2.62. The fraction of sp³-hybridized carbons (Fsp3) is 0.500. The molecule has 1 unspecified atom stereocenters. The van der Waals surface area contributed by atoms with Gasteiger partial charge in [0.2, 0.25) is 0 Å². The molecule has 1 aromatic carbocycles. The lowest BCUT2D eigenvalue weighted by molar-refractivity contribution is 0.167. The Bertz CT molecular complexity index is 314. The van der Waals surface area contributed by atoms with Crippen molar-refractivity contribution in [3.8, 4) is 0 Å². The summed E-state index contributed by atoms with van der Waals surface area (Å²) in [4.78, 5) is 0. The molecule has 0 saturated heterocycles. The Morgan fingerprint density at radius 3 is 2.80 bits per heavy atom. The van der Waals surface area contributed by atoms with Gasteiger partial charge in [-0.1, -0.05) is 35.0 Å². The van der Waals surface area contributed by atoms with Gasteiger partial charge in [0, 0.05) is 17.6 Å². The average Bonchev–Trinajstić information content (AvgIpc) is 2.23. The summed E-state index contributed by atoms with van der Waals surface area (Å²) < 4.78 is 1.14. The highest BCUT2D eigenvalue weighted by Crippen LogP contribution is 2.16. The van der Waals surface area contributed by atoms with Gasteiger partial charge in [-0.2, -0.15) is 0 Å². The molecular weight excluding hydrogens is 254 g/mol. The largest absolute Gasteiger partial charge is 0.392 e. The number of benzene rings is 1. The zero-order valence-corrected chi connectivity index (χ0v) is 10.8. The first-order chi connectivity index (χ1) is 7.13. The molecule has 1 aromatic rings. The summed E-state index contributed by atoms with van der Waals surface area (Å²) in [7, 11) is 0. The molecule has 0 aliphatic heterocycles. The van der Waals surface area contributed by atoms with Crippen molar-refractivity contribution in [3.63, 3.8) is 0 Å². The standard InChI is InChI=1S/C12H18BrNO/c1-3-11(15)8-14-7-10-4-5-12(13)9(2)6-10/h4-6,11,14-15H,3,7-8H2,1-2H3. The summed E-state index contributed by atoms with van der Waals surface area (Å²) in [6.07, 6.45) is 0.563. The van der Waals surface area contributed by atoms with Crippen molar-refractivity contribution in [2.45, 2.75) is 32.9 Å². The van der Waals surface area contributed by atoms with Gasteiger partial charge < -0.3 is 10.4 Å². The number of rotatable bonds is 5. The number of aliphatic hydroxyl groups excluding tert-OH is 1. The molecule has 1 rings (SSSR count). The van der Waals surface area contributed by atoms with Crippen molar-refractivity contribution in [2.75, 3.05) is 6.54 Å². The normalized spacial score (nSPS) is 12.8. The van der Waals surface area contributed by atoms with E-state index in [0.29, 0.717) is 6.54 Å². The molecular formula is C12H18BrNO. The van der Waals surface area contributed by atoms with E-state index in [1.807, 2.05) is 6.92 Å². The summed E-state index contributed by atoms with van der Waals surface area (Å²) in [6.45, 7) is 5.53. The van der Waals surface area contributed by atoms with E-state index < -0.39 is 0 Å². The molecule has 15 heavy (non-hydrogen) atoms. The number of aliphatic hydroxyl groups is 1. The third-order valence-electron chi connectivity index (χ3n) is 2.40. The molecule has 84 valence electrons. The van der Waals surface area contributed by atoms with Crippen LogP contribution in [0.5, 0.6) is 0 Å². The van der Waals surface area contributed by atoms with Crippen molar-refractivity contribution in [1.82, 2.24) is 5.32 Å². The maximum Gasteiger partial charge on any atom is 0.0662 e. The zero-order chi connectivity index (χ0) is 11.3. The van der Waals surface area contributed by atoms with Crippen LogP contribution in [0, 0.1) is 6.92 Å². The summed E-state index contributed by atoms with van der Waals surface area (Å²) in [5.41, 5.74) is 2.49. The molecule has 2 nitrogen and oxygen atoms in total. The van der Waals surface area contributed by atoms with E-state index in [1.54, 1.807) is 0 Å². The van der Waals surface area contributed by atoms with Crippen molar-refractivity contribution >= 4 is 15.9 Å². The van der Waals surface area contributed by atoms with Crippen LogP contribution in [-0.4, -0.2) is 17.8 Å². The number of halogens is 1. The predicted molar refractivity (Wildman–Crippen MR) is 66.9 cm³/mol. The Labute approximate surface area is 99.8 Å². The zero-order valence-electron chi connectivity index (χ0n) is 9.26. The molecule has 2 N–H and O–H groups in total. The highest BCUT2D eigenvalue weighted by atomic mass is 79.9. The molecule has 0 radical (unpaired) electrons. The minimum absolute atomic E-state index is 0.235. The molecule has 0 aliphatic rings. The van der Waals surface area contributed by atoms with Crippen LogP contribution in [0.2, 0.25) is 0 Å². The van der Waals surface area contributed by atoms with Crippen LogP contribution < -0.4 is 5.32 Å². The van der Waals surface area contributed by atoms with Crippen molar-refractivity contribution < 1.29 is 5.11 Å². The second-order valence-corrected chi connectivity index (χ2v) is 4.63. The van der Waals surface area contributed by atoms with Gasteiger partial charge in [-0.05, 0) is 30.5 Å². The molecule has 3 heteroatoms. The Hall–Kier alpha value is -0.380. The fourth-order valence-corrected chi connectivity index (χ4v) is 1.59. The minimum atomic E-state index is -0.235. The Morgan fingerprint density at radius 2 is 2.20 bits per heavy atom. The molecule has 0 fully saturated rings. The smallest absolute Gasteiger partial charge is 0.0662 e. The van der Waals surface area contributed by atoms with Gasteiger partial charge in [0.05, 0.1) is 6.10 Å². The van der Waals surface area contributed by atoms with Crippen LogP contribution in [-0.2, 0) is 6.54 Å². The van der Waals surface area contributed by atoms with Crippen LogP contribution in [0.15, 0.2) is 22.7 Å². The van der Waals surface area contributed by atoms with Crippen LogP contribution in [0.25, 0.3) is 0 Å². The number of nitrogens with one attached hydrogen (secondary N) is 1. The second-order valence-electron chi connectivity index (χ2n) is 3.78. The Balaban J connectivity index is 2.41. The first-order valence-corrected chi connectivity index (χ1v) is 6.06. The Kier molecular flexibility index (Phi) is 5.29. The highest BCUT2D eigenvalue weighted by Gasteiger charge is 2.00. The molecule has 0 heterocycles.